The molecule has 0 aromatic heterocycles. The molecule has 1 aromatic carbocycles. The van der Waals surface area contributed by atoms with E-state index in [9.17, 15) is 8.42 Å². The number of anilines is 1. The summed E-state index contributed by atoms with van der Waals surface area (Å²) in [5.41, 5.74) is 6.08. The van der Waals surface area contributed by atoms with Crippen molar-refractivity contribution in [2.75, 3.05) is 33.0 Å². The number of nitrogens with zero attached hydrogens (tertiary/aromatic N) is 1. The fourth-order valence-corrected chi connectivity index (χ4v) is 2.59. The first-order valence-electron chi connectivity index (χ1n) is 6.41. The number of nitrogens with two attached hydrogens (primary N) is 1. The fraction of sp³-hybridized carbons (Fsp3) is 0.538. The first kappa shape index (κ1) is 16.7. The van der Waals surface area contributed by atoms with Gasteiger partial charge in [0.05, 0.1) is 17.7 Å². The van der Waals surface area contributed by atoms with Crippen molar-refractivity contribution in [3.8, 4) is 5.75 Å². The van der Waals surface area contributed by atoms with E-state index in [4.69, 9.17) is 10.5 Å². The Bertz CT molecular complexity index is 544. The average Bonchev–Trinajstić information content (AvgIpc) is 2.38. The molecule has 114 valence electrons. The largest absolute Gasteiger partial charge is 0.495 e. The van der Waals surface area contributed by atoms with Gasteiger partial charge in [-0.1, -0.05) is 0 Å². The Kier molecular flexibility index (Phi) is 5.79. The molecule has 7 heteroatoms. The minimum absolute atomic E-state index is 0.149. The fourth-order valence-electron chi connectivity index (χ4n) is 1.56. The third-order valence-electron chi connectivity index (χ3n) is 3.15. The summed E-state index contributed by atoms with van der Waals surface area (Å²) in [5, 5.41) is 0. The van der Waals surface area contributed by atoms with Gasteiger partial charge in [-0.05, 0) is 33.0 Å². The van der Waals surface area contributed by atoms with Crippen LogP contribution in [0.4, 0.5) is 5.69 Å². The molecule has 0 aliphatic heterocycles. The molecule has 3 N–H and O–H groups in total. The van der Waals surface area contributed by atoms with Crippen LogP contribution < -0.4 is 15.2 Å². The van der Waals surface area contributed by atoms with Gasteiger partial charge in [-0.3, -0.25) is 0 Å². The zero-order chi connectivity index (χ0) is 15.3. The van der Waals surface area contributed by atoms with Crippen molar-refractivity contribution < 1.29 is 13.2 Å². The zero-order valence-corrected chi connectivity index (χ0v) is 13.2. The third kappa shape index (κ3) is 4.36. The predicted molar refractivity (Wildman–Crippen MR) is 80.4 cm³/mol. The lowest BCUT2D eigenvalue weighted by molar-refractivity contribution is 0.278. The minimum atomic E-state index is -3.54. The maximum absolute atomic E-state index is 12.1. The van der Waals surface area contributed by atoms with Crippen LogP contribution in [-0.4, -0.2) is 46.6 Å². The maximum Gasteiger partial charge on any atom is 0.240 e. The first-order valence-corrected chi connectivity index (χ1v) is 7.89. The van der Waals surface area contributed by atoms with Crippen LogP contribution in [0, 0.1) is 0 Å². The summed E-state index contributed by atoms with van der Waals surface area (Å²) in [6, 6.07) is 4.78. The van der Waals surface area contributed by atoms with Crippen molar-refractivity contribution in [1.82, 2.24) is 9.62 Å². The van der Waals surface area contributed by atoms with Gasteiger partial charge in [0.25, 0.3) is 0 Å². The number of rotatable bonds is 7. The Hall–Kier alpha value is -1.31. The van der Waals surface area contributed by atoms with E-state index in [-0.39, 0.29) is 4.90 Å². The smallest absolute Gasteiger partial charge is 0.240 e. The number of ether oxygens (including phenoxy) is 1. The van der Waals surface area contributed by atoms with Gasteiger partial charge in [0.15, 0.2) is 0 Å². The highest BCUT2D eigenvalue weighted by Crippen LogP contribution is 2.24. The molecule has 0 aliphatic rings. The highest BCUT2D eigenvalue weighted by Gasteiger charge is 2.16. The Morgan fingerprint density at radius 3 is 2.60 bits per heavy atom. The summed E-state index contributed by atoms with van der Waals surface area (Å²) in [4.78, 5) is 2.21. The van der Waals surface area contributed by atoms with E-state index in [2.05, 4.69) is 23.5 Å². The van der Waals surface area contributed by atoms with Gasteiger partial charge in [0.1, 0.15) is 5.75 Å². The van der Waals surface area contributed by atoms with Crippen LogP contribution in [0.2, 0.25) is 0 Å². The van der Waals surface area contributed by atoms with Crippen LogP contribution in [0.25, 0.3) is 0 Å². The second kappa shape index (κ2) is 6.92. The summed E-state index contributed by atoms with van der Waals surface area (Å²) in [5.74, 6) is 0.354. The summed E-state index contributed by atoms with van der Waals surface area (Å²) in [7, 11) is -0.142. The van der Waals surface area contributed by atoms with Crippen LogP contribution in [0.15, 0.2) is 23.1 Å². The lowest BCUT2D eigenvalue weighted by Crippen LogP contribution is -2.36. The Balaban J connectivity index is 2.74. The van der Waals surface area contributed by atoms with E-state index in [1.54, 1.807) is 0 Å². The Morgan fingerprint density at radius 1 is 1.40 bits per heavy atom. The molecule has 0 heterocycles. The van der Waals surface area contributed by atoms with Crippen LogP contribution in [0.1, 0.15) is 13.8 Å². The third-order valence-corrected chi connectivity index (χ3v) is 4.61. The number of benzene rings is 1. The maximum atomic E-state index is 12.1. The van der Waals surface area contributed by atoms with Gasteiger partial charge >= 0.3 is 0 Å². The predicted octanol–water partition coefficient (Wildman–Crippen LogP) is 0.896. The SMILES string of the molecule is COc1cc(S(=O)(=O)NCCN(C)C(C)C)ccc1N. The molecule has 1 rings (SSSR count). The van der Waals surface area contributed by atoms with Gasteiger partial charge in [-0.25, -0.2) is 13.1 Å². The summed E-state index contributed by atoms with van der Waals surface area (Å²) in [6.07, 6.45) is 0. The number of hydrogen-bond acceptors (Lipinski definition) is 5. The highest BCUT2D eigenvalue weighted by molar-refractivity contribution is 7.89. The molecule has 0 amide bonds. The molecular weight excluding hydrogens is 278 g/mol. The first-order chi connectivity index (χ1) is 9.27. The number of methoxy groups -OCH3 is 1. The molecule has 0 atom stereocenters. The Labute approximate surface area is 121 Å². The molecule has 0 spiro atoms. The van der Waals surface area contributed by atoms with Crippen molar-refractivity contribution >= 4 is 15.7 Å². The van der Waals surface area contributed by atoms with Crippen molar-refractivity contribution in [3.63, 3.8) is 0 Å². The van der Waals surface area contributed by atoms with Gasteiger partial charge in [-0.2, -0.15) is 0 Å². The number of sulfonamides is 1. The zero-order valence-electron chi connectivity index (χ0n) is 12.4. The van der Waals surface area contributed by atoms with Crippen molar-refractivity contribution in [2.24, 2.45) is 0 Å². The quantitative estimate of drug-likeness (QED) is 0.731. The van der Waals surface area contributed by atoms with E-state index in [1.807, 2.05) is 7.05 Å². The van der Waals surface area contributed by atoms with E-state index >= 15 is 0 Å². The van der Waals surface area contributed by atoms with E-state index in [0.717, 1.165) is 0 Å². The lowest BCUT2D eigenvalue weighted by Gasteiger charge is -2.20. The average molecular weight is 301 g/mol. The topological polar surface area (TPSA) is 84.7 Å². The van der Waals surface area contributed by atoms with Gasteiger partial charge in [-0.15, -0.1) is 0 Å². The number of nitrogens with one attached hydrogen (secondary N) is 1. The van der Waals surface area contributed by atoms with Gasteiger partial charge < -0.3 is 15.4 Å². The minimum Gasteiger partial charge on any atom is -0.495 e. The lowest BCUT2D eigenvalue weighted by atomic mass is 10.3. The van der Waals surface area contributed by atoms with Crippen LogP contribution in [0.3, 0.4) is 0 Å². The molecular formula is C13H23N3O3S. The Morgan fingerprint density at radius 2 is 2.05 bits per heavy atom. The number of hydrogen-bond donors (Lipinski definition) is 2. The molecule has 0 unspecified atom stereocenters. The number of likely N-dealkylation sites (N-methyl/N-ethyl adjacent to an activating group) is 1. The molecule has 0 aliphatic carbocycles. The summed E-state index contributed by atoms with van der Waals surface area (Å²) in [6.45, 7) is 5.10. The molecule has 1 aromatic rings. The van der Waals surface area contributed by atoms with Crippen molar-refractivity contribution in [1.29, 1.82) is 0 Å². The monoisotopic (exact) mass is 301 g/mol. The molecule has 0 saturated heterocycles. The van der Waals surface area contributed by atoms with Crippen LogP contribution in [0.5, 0.6) is 5.75 Å². The molecule has 0 fully saturated rings. The highest BCUT2D eigenvalue weighted by atomic mass is 32.2. The number of nitrogen functional groups attached to an aromatic ring is 1. The van der Waals surface area contributed by atoms with Crippen LogP contribution in [-0.2, 0) is 10.0 Å². The second-order valence-corrected chi connectivity index (χ2v) is 6.64. The molecule has 20 heavy (non-hydrogen) atoms. The van der Waals surface area contributed by atoms with Crippen molar-refractivity contribution in [2.45, 2.75) is 24.8 Å². The van der Waals surface area contributed by atoms with E-state index < -0.39 is 10.0 Å². The molecule has 0 bridgehead atoms. The molecule has 0 radical (unpaired) electrons. The van der Waals surface area contributed by atoms with Gasteiger partial charge in [0, 0.05) is 25.2 Å². The van der Waals surface area contributed by atoms with Gasteiger partial charge in [0.2, 0.25) is 10.0 Å². The summed E-state index contributed by atoms with van der Waals surface area (Å²) < 4.78 is 31.9. The normalized spacial score (nSPS) is 12.1. The molecule has 6 nitrogen and oxygen atoms in total. The van der Waals surface area contributed by atoms with E-state index in [0.29, 0.717) is 30.6 Å². The second-order valence-electron chi connectivity index (χ2n) is 4.88. The molecule has 0 saturated carbocycles. The standard InChI is InChI=1S/C13H23N3O3S/c1-10(2)16(3)8-7-15-20(17,18)11-5-6-12(14)13(9-11)19-4/h5-6,9-10,15H,7-8,14H2,1-4H3. The van der Waals surface area contributed by atoms with E-state index in [1.165, 1.54) is 25.3 Å². The van der Waals surface area contributed by atoms with Crippen LogP contribution >= 0.6 is 0 Å². The van der Waals surface area contributed by atoms with Crippen molar-refractivity contribution in [3.05, 3.63) is 18.2 Å². The summed E-state index contributed by atoms with van der Waals surface area (Å²) >= 11 is 0.